The van der Waals surface area contributed by atoms with Crippen LogP contribution < -0.4 is 0 Å². The molecular formula is C24H24N2. The van der Waals surface area contributed by atoms with Gasteiger partial charge in [-0.05, 0) is 48.2 Å². The standard InChI is InChI=1S/C24H24N2/c1-16(19-12-7-9-18-8-3-4-10-20(18)19)26-15-14-22-21-11-5-6-13-23(21)25-24(22)17(26)2/h3-13,16-17,25H,14-15H2,1-2H3/t16-,17+/m1/s1. The first kappa shape index (κ1) is 15.7. The Morgan fingerprint density at radius 1 is 0.923 bits per heavy atom. The molecule has 3 aromatic carbocycles. The molecule has 2 atom stereocenters. The van der Waals surface area contributed by atoms with E-state index in [1.54, 1.807) is 0 Å². The van der Waals surface area contributed by atoms with Crippen molar-refractivity contribution < 1.29 is 0 Å². The number of aromatic nitrogens is 1. The predicted molar refractivity (Wildman–Crippen MR) is 109 cm³/mol. The monoisotopic (exact) mass is 340 g/mol. The fraction of sp³-hybridized carbons (Fsp3) is 0.250. The molecule has 1 aliphatic rings. The fourth-order valence-corrected chi connectivity index (χ4v) is 4.77. The molecule has 0 saturated carbocycles. The van der Waals surface area contributed by atoms with E-state index in [-0.39, 0.29) is 0 Å². The molecule has 130 valence electrons. The SMILES string of the molecule is C[C@H](c1cccc2ccccc12)N1CCc2c([nH]c3ccccc23)[C@@H]1C. The van der Waals surface area contributed by atoms with Gasteiger partial charge >= 0.3 is 0 Å². The average molecular weight is 340 g/mol. The van der Waals surface area contributed by atoms with Crippen LogP contribution in [0.5, 0.6) is 0 Å². The number of para-hydroxylation sites is 1. The van der Waals surface area contributed by atoms with E-state index in [0.29, 0.717) is 12.1 Å². The molecule has 0 fully saturated rings. The second-order valence-corrected chi connectivity index (χ2v) is 7.47. The van der Waals surface area contributed by atoms with Crippen LogP contribution in [0.3, 0.4) is 0 Å². The highest BCUT2D eigenvalue weighted by molar-refractivity contribution is 5.86. The number of H-pyrrole nitrogens is 1. The Morgan fingerprint density at radius 2 is 1.65 bits per heavy atom. The number of benzene rings is 3. The molecule has 0 aliphatic carbocycles. The smallest absolute Gasteiger partial charge is 0.0479 e. The molecule has 1 N–H and O–H groups in total. The van der Waals surface area contributed by atoms with E-state index >= 15 is 0 Å². The van der Waals surface area contributed by atoms with Crippen LogP contribution in [-0.2, 0) is 6.42 Å². The van der Waals surface area contributed by atoms with Crippen LogP contribution >= 0.6 is 0 Å². The number of fused-ring (bicyclic) bond motifs is 4. The first-order valence-electron chi connectivity index (χ1n) is 9.57. The van der Waals surface area contributed by atoms with Gasteiger partial charge in [-0.2, -0.15) is 0 Å². The van der Waals surface area contributed by atoms with E-state index in [1.165, 1.54) is 38.5 Å². The molecule has 0 spiro atoms. The van der Waals surface area contributed by atoms with Crippen LogP contribution in [0.2, 0.25) is 0 Å². The molecule has 4 aromatic rings. The van der Waals surface area contributed by atoms with Crippen LogP contribution in [-0.4, -0.2) is 16.4 Å². The normalized spacial score (nSPS) is 18.9. The Hall–Kier alpha value is -2.58. The summed E-state index contributed by atoms with van der Waals surface area (Å²) in [6.07, 6.45) is 1.11. The third kappa shape index (κ3) is 2.29. The van der Waals surface area contributed by atoms with Gasteiger partial charge in [-0.3, -0.25) is 4.90 Å². The summed E-state index contributed by atoms with van der Waals surface area (Å²) in [6.45, 7) is 5.79. The summed E-state index contributed by atoms with van der Waals surface area (Å²) in [4.78, 5) is 6.34. The second-order valence-electron chi connectivity index (χ2n) is 7.47. The molecule has 0 bridgehead atoms. The molecule has 2 heterocycles. The highest BCUT2D eigenvalue weighted by atomic mass is 15.2. The topological polar surface area (TPSA) is 19.0 Å². The van der Waals surface area contributed by atoms with Gasteiger partial charge in [-0.1, -0.05) is 60.7 Å². The Labute approximate surface area is 154 Å². The van der Waals surface area contributed by atoms with Crippen LogP contribution in [0, 0.1) is 0 Å². The van der Waals surface area contributed by atoms with Crippen molar-refractivity contribution in [3.63, 3.8) is 0 Å². The zero-order chi connectivity index (χ0) is 17.7. The number of hydrogen-bond acceptors (Lipinski definition) is 1. The summed E-state index contributed by atoms with van der Waals surface area (Å²) >= 11 is 0. The van der Waals surface area contributed by atoms with E-state index in [1.807, 2.05) is 0 Å². The summed E-state index contributed by atoms with van der Waals surface area (Å²) in [5.41, 5.74) is 5.59. The lowest BCUT2D eigenvalue weighted by Gasteiger charge is -2.38. The van der Waals surface area contributed by atoms with Gasteiger partial charge in [0.05, 0.1) is 0 Å². The van der Waals surface area contributed by atoms with Gasteiger partial charge in [0.25, 0.3) is 0 Å². The van der Waals surface area contributed by atoms with Crippen LogP contribution in [0.15, 0.2) is 66.7 Å². The molecule has 1 aliphatic heterocycles. The third-order valence-corrected chi connectivity index (χ3v) is 6.15. The Balaban J connectivity index is 1.56. The molecule has 1 aromatic heterocycles. The number of rotatable bonds is 2. The molecule has 0 radical (unpaired) electrons. The van der Waals surface area contributed by atoms with E-state index in [0.717, 1.165) is 13.0 Å². The minimum atomic E-state index is 0.385. The van der Waals surface area contributed by atoms with Crippen LogP contribution in [0.4, 0.5) is 0 Å². The average Bonchev–Trinajstić information content (AvgIpc) is 3.07. The Kier molecular flexibility index (Phi) is 3.61. The number of nitrogens with zero attached hydrogens (tertiary/aromatic N) is 1. The molecule has 0 amide bonds. The summed E-state index contributed by atoms with van der Waals surface area (Å²) in [6, 6.07) is 24.9. The van der Waals surface area contributed by atoms with Gasteiger partial charge in [0, 0.05) is 35.2 Å². The third-order valence-electron chi connectivity index (χ3n) is 6.15. The first-order valence-corrected chi connectivity index (χ1v) is 9.57. The van der Waals surface area contributed by atoms with Crippen molar-refractivity contribution in [3.05, 3.63) is 83.6 Å². The molecule has 2 heteroatoms. The molecule has 2 nitrogen and oxygen atoms in total. The van der Waals surface area contributed by atoms with Crippen molar-refractivity contribution in [2.45, 2.75) is 32.4 Å². The second kappa shape index (κ2) is 6.00. The van der Waals surface area contributed by atoms with Crippen molar-refractivity contribution >= 4 is 21.7 Å². The zero-order valence-electron chi connectivity index (χ0n) is 15.4. The van der Waals surface area contributed by atoms with Gasteiger partial charge in [0.1, 0.15) is 0 Å². The van der Waals surface area contributed by atoms with Gasteiger partial charge in [-0.25, -0.2) is 0 Å². The van der Waals surface area contributed by atoms with Crippen LogP contribution in [0.25, 0.3) is 21.7 Å². The Morgan fingerprint density at radius 3 is 2.54 bits per heavy atom. The fourth-order valence-electron chi connectivity index (χ4n) is 4.77. The molecule has 5 rings (SSSR count). The van der Waals surface area contributed by atoms with Gasteiger partial charge in [-0.15, -0.1) is 0 Å². The number of hydrogen-bond donors (Lipinski definition) is 1. The van der Waals surface area contributed by atoms with Gasteiger partial charge < -0.3 is 4.98 Å². The Bertz CT molecular complexity index is 1090. The maximum absolute atomic E-state index is 3.70. The molecule has 26 heavy (non-hydrogen) atoms. The molecule has 0 saturated heterocycles. The van der Waals surface area contributed by atoms with E-state index in [2.05, 4.69) is 90.5 Å². The van der Waals surface area contributed by atoms with E-state index in [9.17, 15) is 0 Å². The van der Waals surface area contributed by atoms with Gasteiger partial charge in [0.15, 0.2) is 0 Å². The van der Waals surface area contributed by atoms with Crippen molar-refractivity contribution in [2.24, 2.45) is 0 Å². The molecular weight excluding hydrogens is 316 g/mol. The maximum Gasteiger partial charge on any atom is 0.0479 e. The van der Waals surface area contributed by atoms with Crippen molar-refractivity contribution in [2.75, 3.05) is 6.54 Å². The largest absolute Gasteiger partial charge is 0.357 e. The summed E-state index contributed by atoms with van der Waals surface area (Å²) in [7, 11) is 0. The first-order chi connectivity index (χ1) is 12.7. The predicted octanol–water partition coefficient (Wildman–Crippen LogP) is 6.00. The van der Waals surface area contributed by atoms with Crippen LogP contribution in [0.1, 0.15) is 42.8 Å². The highest BCUT2D eigenvalue weighted by Gasteiger charge is 2.31. The van der Waals surface area contributed by atoms with E-state index < -0.39 is 0 Å². The van der Waals surface area contributed by atoms with Crippen molar-refractivity contribution in [1.82, 2.24) is 9.88 Å². The summed E-state index contributed by atoms with van der Waals surface area (Å²) in [5.74, 6) is 0. The summed E-state index contributed by atoms with van der Waals surface area (Å²) < 4.78 is 0. The van der Waals surface area contributed by atoms with Gasteiger partial charge in [0.2, 0.25) is 0 Å². The number of aromatic amines is 1. The summed E-state index contributed by atoms with van der Waals surface area (Å²) in [5, 5.41) is 4.09. The maximum atomic E-state index is 3.70. The lowest BCUT2D eigenvalue weighted by atomic mass is 9.93. The quantitative estimate of drug-likeness (QED) is 0.474. The van der Waals surface area contributed by atoms with Crippen molar-refractivity contribution in [3.8, 4) is 0 Å². The number of nitrogens with one attached hydrogen (secondary N) is 1. The lowest BCUT2D eigenvalue weighted by Crippen LogP contribution is -2.36. The van der Waals surface area contributed by atoms with Crippen molar-refractivity contribution in [1.29, 1.82) is 0 Å². The minimum absolute atomic E-state index is 0.385. The van der Waals surface area contributed by atoms with E-state index in [4.69, 9.17) is 0 Å². The molecule has 0 unspecified atom stereocenters. The highest BCUT2D eigenvalue weighted by Crippen LogP contribution is 2.39. The minimum Gasteiger partial charge on any atom is -0.357 e. The lowest BCUT2D eigenvalue weighted by molar-refractivity contribution is 0.143. The zero-order valence-corrected chi connectivity index (χ0v) is 15.4.